The number of benzene rings is 3. The van der Waals surface area contributed by atoms with Crippen LogP contribution in [0.2, 0.25) is 5.02 Å². The summed E-state index contributed by atoms with van der Waals surface area (Å²) in [7, 11) is 0. The van der Waals surface area contributed by atoms with Gasteiger partial charge in [0, 0.05) is 33.6 Å². The topological polar surface area (TPSA) is 71.3 Å². The molecule has 4 rings (SSSR count). The van der Waals surface area contributed by atoms with Gasteiger partial charge in [0.15, 0.2) is 0 Å². The normalized spacial score (nSPS) is 10.8. The number of rotatable bonds is 6. The van der Waals surface area contributed by atoms with Gasteiger partial charge in [-0.2, -0.15) is 0 Å². The molecule has 0 saturated heterocycles. The first-order valence-electron chi connectivity index (χ1n) is 9.88. The fourth-order valence-electron chi connectivity index (χ4n) is 3.01. The van der Waals surface area contributed by atoms with Crippen LogP contribution in [0, 0.1) is 0 Å². The maximum atomic E-state index is 12.3. The molecule has 1 aromatic heterocycles. The van der Waals surface area contributed by atoms with Crippen molar-refractivity contribution in [2.45, 2.75) is 0 Å². The molecule has 0 unspecified atom stereocenters. The van der Waals surface area contributed by atoms with Gasteiger partial charge < -0.3 is 15.1 Å². The third-order valence-electron chi connectivity index (χ3n) is 4.58. The number of furan rings is 1. The van der Waals surface area contributed by atoms with Gasteiger partial charge in [-0.05, 0) is 60.7 Å². The zero-order valence-corrected chi connectivity index (χ0v) is 17.7. The summed E-state index contributed by atoms with van der Waals surface area (Å²) in [5.41, 5.74) is 2.64. The van der Waals surface area contributed by atoms with Crippen LogP contribution in [0.5, 0.6) is 0 Å². The monoisotopic (exact) mass is 442 g/mol. The van der Waals surface area contributed by atoms with E-state index < -0.39 is 0 Å². The van der Waals surface area contributed by atoms with Crippen molar-refractivity contribution in [3.63, 3.8) is 0 Å². The quantitative estimate of drug-likeness (QED) is 0.334. The van der Waals surface area contributed by atoms with Crippen LogP contribution in [-0.2, 0) is 4.79 Å². The molecule has 0 fully saturated rings. The molecule has 4 aromatic rings. The second-order valence-electron chi connectivity index (χ2n) is 6.93. The van der Waals surface area contributed by atoms with Gasteiger partial charge in [-0.1, -0.05) is 48.0 Å². The number of hydrogen-bond donors (Lipinski definition) is 2. The Morgan fingerprint density at radius 2 is 1.50 bits per heavy atom. The number of amides is 2. The lowest BCUT2D eigenvalue weighted by Crippen LogP contribution is -2.12. The molecule has 2 amide bonds. The van der Waals surface area contributed by atoms with Crippen molar-refractivity contribution in [2.24, 2.45) is 0 Å². The fourth-order valence-corrected chi connectivity index (χ4v) is 3.20. The van der Waals surface area contributed by atoms with Crippen molar-refractivity contribution in [2.75, 3.05) is 10.6 Å². The van der Waals surface area contributed by atoms with Gasteiger partial charge in [0.1, 0.15) is 11.5 Å². The third kappa shape index (κ3) is 5.53. The van der Waals surface area contributed by atoms with Crippen molar-refractivity contribution in [3.8, 4) is 11.3 Å². The third-order valence-corrected chi connectivity index (χ3v) is 4.82. The average Bonchev–Trinajstić information content (AvgIpc) is 3.29. The van der Waals surface area contributed by atoms with E-state index in [0.717, 1.165) is 11.3 Å². The highest BCUT2D eigenvalue weighted by Gasteiger charge is 2.07. The first-order chi connectivity index (χ1) is 15.6. The van der Waals surface area contributed by atoms with Gasteiger partial charge in [0.05, 0.1) is 0 Å². The Morgan fingerprint density at radius 1 is 0.781 bits per heavy atom. The van der Waals surface area contributed by atoms with Gasteiger partial charge in [-0.25, -0.2) is 0 Å². The van der Waals surface area contributed by atoms with E-state index in [2.05, 4.69) is 10.6 Å². The van der Waals surface area contributed by atoms with Crippen molar-refractivity contribution in [1.29, 1.82) is 0 Å². The highest BCUT2D eigenvalue weighted by Crippen LogP contribution is 2.22. The molecule has 6 heteroatoms. The van der Waals surface area contributed by atoms with E-state index in [1.807, 2.05) is 42.5 Å². The summed E-state index contributed by atoms with van der Waals surface area (Å²) in [5.74, 6) is 0.762. The zero-order chi connectivity index (χ0) is 22.3. The Hall–Kier alpha value is -4.09. The molecule has 0 aliphatic rings. The standard InChI is InChI=1S/C26H19ClN2O3/c27-20-8-4-7-19(17-20)26(31)29-22-11-9-21(10-12-22)28-25(30)16-14-23-13-15-24(32-23)18-5-2-1-3-6-18/h1-17H,(H,28,30)(H,29,31)/b16-14+. The summed E-state index contributed by atoms with van der Waals surface area (Å²) in [6.45, 7) is 0. The smallest absolute Gasteiger partial charge is 0.255 e. The first kappa shape index (κ1) is 21.2. The molecular formula is C26H19ClN2O3. The van der Waals surface area contributed by atoms with Crippen LogP contribution in [0.1, 0.15) is 16.1 Å². The molecule has 5 nitrogen and oxygen atoms in total. The number of carbonyl (C=O) groups is 2. The highest BCUT2D eigenvalue weighted by atomic mass is 35.5. The molecule has 0 radical (unpaired) electrons. The lowest BCUT2D eigenvalue weighted by Gasteiger charge is -2.07. The maximum Gasteiger partial charge on any atom is 0.255 e. The van der Waals surface area contributed by atoms with Crippen LogP contribution < -0.4 is 10.6 Å². The minimum absolute atomic E-state index is 0.263. The summed E-state index contributed by atoms with van der Waals surface area (Å²) < 4.78 is 5.75. The van der Waals surface area contributed by atoms with Crippen LogP contribution in [0.15, 0.2) is 101 Å². The Kier molecular flexibility index (Phi) is 6.49. The predicted octanol–water partition coefficient (Wildman–Crippen LogP) is 6.50. The summed E-state index contributed by atoms with van der Waals surface area (Å²) in [4.78, 5) is 24.5. The largest absolute Gasteiger partial charge is 0.457 e. The van der Waals surface area contributed by atoms with Crippen molar-refractivity contribution in [1.82, 2.24) is 0 Å². The van der Waals surface area contributed by atoms with Gasteiger partial charge in [0.2, 0.25) is 5.91 Å². The van der Waals surface area contributed by atoms with Crippen molar-refractivity contribution >= 4 is 40.9 Å². The molecule has 0 bridgehead atoms. The molecule has 1 heterocycles. The molecule has 3 aromatic carbocycles. The molecule has 0 aliphatic carbocycles. The summed E-state index contributed by atoms with van der Waals surface area (Å²) in [5, 5.41) is 6.06. The van der Waals surface area contributed by atoms with E-state index in [0.29, 0.717) is 27.7 Å². The summed E-state index contributed by atoms with van der Waals surface area (Å²) in [6, 6.07) is 26.9. The number of hydrogen-bond acceptors (Lipinski definition) is 3. The Balaban J connectivity index is 1.33. The Bertz CT molecular complexity index is 1260. The van der Waals surface area contributed by atoms with Crippen molar-refractivity contribution in [3.05, 3.63) is 113 Å². The lowest BCUT2D eigenvalue weighted by molar-refractivity contribution is -0.111. The van der Waals surface area contributed by atoms with E-state index >= 15 is 0 Å². The number of anilines is 2. The van der Waals surface area contributed by atoms with E-state index in [-0.39, 0.29) is 11.8 Å². The van der Waals surface area contributed by atoms with E-state index in [4.69, 9.17) is 16.0 Å². The molecule has 0 aliphatic heterocycles. The molecule has 0 atom stereocenters. The molecule has 0 spiro atoms. The maximum absolute atomic E-state index is 12.3. The lowest BCUT2D eigenvalue weighted by atomic mass is 10.2. The molecule has 158 valence electrons. The Labute approximate surface area is 190 Å². The first-order valence-corrected chi connectivity index (χ1v) is 10.3. The second kappa shape index (κ2) is 9.81. The number of nitrogens with one attached hydrogen (secondary N) is 2. The fraction of sp³-hybridized carbons (Fsp3) is 0. The zero-order valence-electron chi connectivity index (χ0n) is 16.9. The van der Waals surface area contributed by atoms with Crippen LogP contribution in [0.3, 0.4) is 0 Å². The van der Waals surface area contributed by atoms with Gasteiger partial charge >= 0.3 is 0 Å². The predicted molar refractivity (Wildman–Crippen MR) is 128 cm³/mol. The van der Waals surface area contributed by atoms with Crippen LogP contribution in [0.25, 0.3) is 17.4 Å². The average molecular weight is 443 g/mol. The minimum atomic E-state index is -0.293. The van der Waals surface area contributed by atoms with Crippen molar-refractivity contribution < 1.29 is 14.0 Å². The molecule has 0 saturated carbocycles. The molecule has 2 N–H and O–H groups in total. The van der Waals surface area contributed by atoms with E-state index in [1.165, 1.54) is 6.08 Å². The molecule has 32 heavy (non-hydrogen) atoms. The minimum Gasteiger partial charge on any atom is -0.457 e. The van der Waals surface area contributed by atoms with Gasteiger partial charge in [-0.3, -0.25) is 9.59 Å². The number of carbonyl (C=O) groups excluding carboxylic acids is 2. The van der Waals surface area contributed by atoms with Crippen LogP contribution in [-0.4, -0.2) is 11.8 Å². The van der Waals surface area contributed by atoms with Crippen LogP contribution >= 0.6 is 11.6 Å². The van der Waals surface area contributed by atoms with Crippen LogP contribution in [0.4, 0.5) is 11.4 Å². The van der Waals surface area contributed by atoms with Gasteiger partial charge in [0.25, 0.3) is 5.91 Å². The number of halogens is 1. The SMILES string of the molecule is O=C(/C=C/c1ccc(-c2ccccc2)o1)Nc1ccc(NC(=O)c2cccc(Cl)c2)cc1. The Morgan fingerprint density at radius 3 is 2.22 bits per heavy atom. The highest BCUT2D eigenvalue weighted by molar-refractivity contribution is 6.31. The van der Waals surface area contributed by atoms with E-state index in [9.17, 15) is 9.59 Å². The summed E-state index contributed by atoms with van der Waals surface area (Å²) >= 11 is 5.92. The summed E-state index contributed by atoms with van der Waals surface area (Å²) in [6.07, 6.45) is 3.02. The second-order valence-corrected chi connectivity index (χ2v) is 7.37. The van der Waals surface area contributed by atoms with Gasteiger partial charge in [-0.15, -0.1) is 0 Å². The van der Waals surface area contributed by atoms with E-state index in [1.54, 1.807) is 54.6 Å². The molecular weight excluding hydrogens is 424 g/mol.